The van der Waals surface area contributed by atoms with E-state index in [4.69, 9.17) is 5.73 Å². The average molecular weight is 239 g/mol. The van der Waals surface area contributed by atoms with Crippen molar-refractivity contribution in [2.24, 2.45) is 5.73 Å². The van der Waals surface area contributed by atoms with Gasteiger partial charge in [-0.15, -0.1) is 22.7 Å². The summed E-state index contributed by atoms with van der Waals surface area (Å²) in [4.78, 5) is 8.96. The van der Waals surface area contributed by atoms with Gasteiger partial charge in [-0.25, -0.2) is 9.97 Å². The Kier molecular flexibility index (Phi) is 3.14. The van der Waals surface area contributed by atoms with Crippen molar-refractivity contribution in [2.45, 2.75) is 19.8 Å². The Morgan fingerprint density at radius 3 is 2.53 bits per heavy atom. The number of aryl methyl sites for hydroxylation is 1. The van der Waals surface area contributed by atoms with Crippen LogP contribution >= 0.6 is 22.7 Å². The number of hydrogen-bond acceptors (Lipinski definition) is 5. The van der Waals surface area contributed by atoms with E-state index in [0.717, 1.165) is 21.4 Å². The van der Waals surface area contributed by atoms with Gasteiger partial charge in [0, 0.05) is 23.2 Å². The normalized spacial score (nSPS) is 13.0. The predicted molar refractivity (Wildman–Crippen MR) is 65.4 cm³/mol. The van der Waals surface area contributed by atoms with Crippen molar-refractivity contribution < 1.29 is 0 Å². The van der Waals surface area contributed by atoms with Gasteiger partial charge < -0.3 is 5.73 Å². The maximum absolute atomic E-state index is 5.61. The van der Waals surface area contributed by atoms with Crippen molar-refractivity contribution in [3.63, 3.8) is 0 Å². The van der Waals surface area contributed by atoms with Gasteiger partial charge in [-0.1, -0.05) is 6.92 Å². The first-order valence-corrected chi connectivity index (χ1v) is 6.54. The highest BCUT2D eigenvalue weighted by molar-refractivity contribution is 7.10. The predicted octanol–water partition coefficient (Wildman–Crippen LogP) is 2.64. The summed E-state index contributed by atoms with van der Waals surface area (Å²) in [7, 11) is 0. The molecule has 0 fully saturated rings. The number of thiazole rings is 2. The second-order valence-corrected chi connectivity index (χ2v) is 5.41. The summed E-state index contributed by atoms with van der Waals surface area (Å²) in [6.45, 7) is 4.74. The zero-order chi connectivity index (χ0) is 10.8. The molecule has 0 saturated carbocycles. The lowest BCUT2D eigenvalue weighted by Crippen LogP contribution is -2.08. The molecule has 2 aromatic rings. The van der Waals surface area contributed by atoms with E-state index in [1.54, 1.807) is 22.7 Å². The molecule has 1 unspecified atom stereocenters. The molecule has 0 aliphatic heterocycles. The van der Waals surface area contributed by atoms with Crippen molar-refractivity contribution in [3.05, 3.63) is 20.8 Å². The standard InChI is InChI=1S/C10H13N3S2/c1-6(3-11)10-13-9(5-15-10)8-4-14-7(2)12-8/h4-6H,3,11H2,1-2H3. The van der Waals surface area contributed by atoms with Gasteiger partial charge in [0.15, 0.2) is 0 Å². The minimum atomic E-state index is 0.337. The summed E-state index contributed by atoms with van der Waals surface area (Å²) >= 11 is 3.31. The molecule has 2 aromatic heterocycles. The van der Waals surface area contributed by atoms with Crippen LogP contribution < -0.4 is 5.73 Å². The lowest BCUT2D eigenvalue weighted by atomic mass is 10.2. The van der Waals surface area contributed by atoms with Crippen LogP contribution in [0, 0.1) is 6.92 Å². The maximum Gasteiger partial charge on any atom is 0.101 e. The highest BCUT2D eigenvalue weighted by Gasteiger charge is 2.11. The maximum atomic E-state index is 5.61. The number of rotatable bonds is 3. The Morgan fingerprint density at radius 1 is 1.27 bits per heavy atom. The monoisotopic (exact) mass is 239 g/mol. The smallest absolute Gasteiger partial charge is 0.101 e. The van der Waals surface area contributed by atoms with Crippen LogP contribution in [-0.2, 0) is 0 Å². The summed E-state index contributed by atoms with van der Waals surface area (Å²) in [6, 6.07) is 0. The first kappa shape index (κ1) is 10.7. The van der Waals surface area contributed by atoms with Crippen LogP contribution in [0.4, 0.5) is 0 Å². The first-order valence-electron chi connectivity index (χ1n) is 4.78. The Bertz CT molecular complexity index is 447. The second kappa shape index (κ2) is 4.38. The van der Waals surface area contributed by atoms with Gasteiger partial charge in [-0.05, 0) is 6.92 Å². The van der Waals surface area contributed by atoms with Gasteiger partial charge in [0.1, 0.15) is 11.4 Å². The minimum absolute atomic E-state index is 0.337. The van der Waals surface area contributed by atoms with E-state index in [0.29, 0.717) is 12.5 Å². The number of nitrogens with two attached hydrogens (primary N) is 1. The van der Waals surface area contributed by atoms with Crippen molar-refractivity contribution in [3.8, 4) is 11.4 Å². The van der Waals surface area contributed by atoms with Crippen LogP contribution in [0.15, 0.2) is 10.8 Å². The van der Waals surface area contributed by atoms with Crippen molar-refractivity contribution in [2.75, 3.05) is 6.54 Å². The molecule has 0 bridgehead atoms. The molecule has 0 amide bonds. The zero-order valence-corrected chi connectivity index (χ0v) is 10.4. The van der Waals surface area contributed by atoms with E-state index in [1.807, 2.05) is 12.3 Å². The molecule has 80 valence electrons. The van der Waals surface area contributed by atoms with E-state index in [2.05, 4.69) is 22.3 Å². The van der Waals surface area contributed by atoms with Crippen LogP contribution in [-0.4, -0.2) is 16.5 Å². The van der Waals surface area contributed by atoms with Gasteiger partial charge in [-0.3, -0.25) is 0 Å². The summed E-state index contributed by atoms with van der Waals surface area (Å²) in [5, 5.41) is 6.27. The van der Waals surface area contributed by atoms with E-state index in [9.17, 15) is 0 Å². The van der Waals surface area contributed by atoms with Gasteiger partial charge >= 0.3 is 0 Å². The fourth-order valence-corrected chi connectivity index (χ4v) is 2.71. The summed E-state index contributed by atoms with van der Waals surface area (Å²) in [5.74, 6) is 0.337. The molecule has 0 radical (unpaired) electrons. The molecule has 2 heterocycles. The third-order valence-electron chi connectivity index (χ3n) is 2.18. The van der Waals surface area contributed by atoms with E-state index >= 15 is 0 Å². The molecule has 1 atom stereocenters. The summed E-state index contributed by atoms with van der Waals surface area (Å²) in [5.41, 5.74) is 7.56. The first-order chi connectivity index (χ1) is 7.20. The fourth-order valence-electron chi connectivity index (χ4n) is 1.21. The number of aromatic nitrogens is 2. The van der Waals surface area contributed by atoms with Crippen LogP contribution in [0.5, 0.6) is 0 Å². The Balaban J connectivity index is 2.27. The van der Waals surface area contributed by atoms with E-state index < -0.39 is 0 Å². The van der Waals surface area contributed by atoms with Crippen LogP contribution in [0.3, 0.4) is 0 Å². The van der Waals surface area contributed by atoms with E-state index in [-0.39, 0.29) is 0 Å². The van der Waals surface area contributed by atoms with Gasteiger partial charge in [0.05, 0.1) is 10.0 Å². The molecule has 5 heteroatoms. The second-order valence-electron chi connectivity index (χ2n) is 3.46. The molecule has 0 aliphatic rings. The summed E-state index contributed by atoms with van der Waals surface area (Å²) < 4.78 is 0. The molecule has 0 aromatic carbocycles. The zero-order valence-electron chi connectivity index (χ0n) is 8.73. The lowest BCUT2D eigenvalue weighted by Gasteiger charge is -2.01. The van der Waals surface area contributed by atoms with Crippen molar-refractivity contribution in [1.82, 2.24) is 9.97 Å². The molecule has 0 aliphatic carbocycles. The number of hydrogen-bond donors (Lipinski definition) is 1. The Labute approximate surface area is 97.0 Å². The SMILES string of the molecule is Cc1nc(-c2csc(C(C)CN)n2)cs1. The van der Waals surface area contributed by atoms with Gasteiger partial charge in [0.2, 0.25) is 0 Å². The van der Waals surface area contributed by atoms with Crippen LogP contribution in [0.1, 0.15) is 22.9 Å². The highest BCUT2D eigenvalue weighted by atomic mass is 32.1. The molecule has 2 rings (SSSR count). The third-order valence-corrected chi connectivity index (χ3v) is 4.03. The lowest BCUT2D eigenvalue weighted by molar-refractivity contribution is 0.766. The largest absolute Gasteiger partial charge is 0.330 e. The topological polar surface area (TPSA) is 51.8 Å². The van der Waals surface area contributed by atoms with Crippen LogP contribution in [0.25, 0.3) is 11.4 Å². The molecule has 3 nitrogen and oxygen atoms in total. The van der Waals surface area contributed by atoms with Crippen molar-refractivity contribution >= 4 is 22.7 Å². The van der Waals surface area contributed by atoms with Gasteiger partial charge in [0.25, 0.3) is 0 Å². The molecule has 0 saturated heterocycles. The average Bonchev–Trinajstić information content (AvgIpc) is 2.84. The van der Waals surface area contributed by atoms with E-state index in [1.165, 1.54) is 0 Å². The molecule has 0 spiro atoms. The number of nitrogens with zero attached hydrogens (tertiary/aromatic N) is 2. The van der Waals surface area contributed by atoms with Crippen molar-refractivity contribution in [1.29, 1.82) is 0 Å². The van der Waals surface area contributed by atoms with Gasteiger partial charge in [-0.2, -0.15) is 0 Å². The fraction of sp³-hybridized carbons (Fsp3) is 0.400. The minimum Gasteiger partial charge on any atom is -0.330 e. The Hall–Kier alpha value is -0.780. The highest BCUT2D eigenvalue weighted by Crippen LogP contribution is 2.26. The van der Waals surface area contributed by atoms with Crippen LogP contribution in [0.2, 0.25) is 0 Å². The summed E-state index contributed by atoms with van der Waals surface area (Å²) in [6.07, 6.45) is 0. The molecule has 2 N–H and O–H groups in total. The molecule has 15 heavy (non-hydrogen) atoms. The quantitative estimate of drug-likeness (QED) is 0.895. The molecular formula is C10H13N3S2. The third kappa shape index (κ3) is 2.25. The Morgan fingerprint density at radius 2 is 1.93 bits per heavy atom. The molecular weight excluding hydrogens is 226 g/mol.